The third kappa shape index (κ3) is 3.14. The van der Waals surface area contributed by atoms with Crippen LogP contribution in [0.5, 0.6) is 0 Å². The highest BCUT2D eigenvalue weighted by atomic mass is 15.0. The molecule has 1 unspecified atom stereocenters. The molecule has 21 heavy (non-hydrogen) atoms. The molecular formula is C18H21N3. The van der Waals surface area contributed by atoms with E-state index in [1.165, 1.54) is 16.3 Å². The van der Waals surface area contributed by atoms with Crippen molar-refractivity contribution in [2.75, 3.05) is 6.54 Å². The van der Waals surface area contributed by atoms with Crippen LogP contribution in [0.1, 0.15) is 30.8 Å². The highest BCUT2D eigenvalue weighted by Gasteiger charge is 2.15. The Kier molecular flexibility index (Phi) is 4.31. The van der Waals surface area contributed by atoms with Crippen molar-refractivity contribution in [2.24, 2.45) is 0 Å². The Balaban J connectivity index is 1.90. The van der Waals surface area contributed by atoms with Crippen molar-refractivity contribution in [1.82, 2.24) is 15.3 Å². The van der Waals surface area contributed by atoms with E-state index in [9.17, 15) is 0 Å². The molecule has 0 radical (unpaired) electrons. The second-order valence-corrected chi connectivity index (χ2v) is 5.32. The minimum absolute atomic E-state index is 0.228. The summed E-state index contributed by atoms with van der Waals surface area (Å²) in [6, 6.07) is 15.3. The van der Waals surface area contributed by atoms with E-state index in [0.717, 1.165) is 25.2 Å². The van der Waals surface area contributed by atoms with Gasteiger partial charge in [-0.05, 0) is 35.7 Å². The molecule has 1 heterocycles. The van der Waals surface area contributed by atoms with Crippen molar-refractivity contribution in [3.05, 3.63) is 66.2 Å². The van der Waals surface area contributed by atoms with Crippen LogP contribution in [0.25, 0.3) is 10.8 Å². The second kappa shape index (κ2) is 6.55. The van der Waals surface area contributed by atoms with Crippen LogP contribution in [0.4, 0.5) is 0 Å². The first-order chi connectivity index (χ1) is 10.4. The molecule has 0 amide bonds. The standard InChI is InChI=1S/C18H21N3/c1-2-10-19-17(18-20-11-12-21-18)13-15-8-5-7-14-6-3-4-9-16(14)15/h3-9,11-12,17,19H,2,10,13H2,1H3,(H,20,21). The summed E-state index contributed by atoms with van der Waals surface area (Å²) in [6.45, 7) is 3.18. The number of rotatable bonds is 6. The average Bonchev–Trinajstić information content (AvgIpc) is 3.06. The lowest BCUT2D eigenvalue weighted by molar-refractivity contribution is 0.509. The fourth-order valence-electron chi connectivity index (χ4n) is 2.74. The Labute approximate surface area is 125 Å². The van der Waals surface area contributed by atoms with E-state index in [1.807, 2.05) is 12.4 Å². The Bertz CT molecular complexity index is 683. The maximum absolute atomic E-state index is 4.43. The number of fused-ring (bicyclic) bond motifs is 1. The summed E-state index contributed by atoms with van der Waals surface area (Å²) >= 11 is 0. The molecule has 3 nitrogen and oxygen atoms in total. The van der Waals surface area contributed by atoms with Gasteiger partial charge in [-0.3, -0.25) is 0 Å². The van der Waals surface area contributed by atoms with Crippen molar-refractivity contribution in [3.8, 4) is 0 Å². The maximum Gasteiger partial charge on any atom is 0.123 e. The van der Waals surface area contributed by atoms with Crippen LogP contribution >= 0.6 is 0 Å². The number of nitrogens with one attached hydrogen (secondary N) is 2. The van der Waals surface area contributed by atoms with E-state index >= 15 is 0 Å². The summed E-state index contributed by atoms with van der Waals surface area (Å²) in [6.07, 6.45) is 5.76. The minimum Gasteiger partial charge on any atom is -0.347 e. The summed E-state index contributed by atoms with van der Waals surface area (Å²) in [7, 11) is 0. The summed E-state index contributed by atoms with van der Waals surface area (Å²) in [5.41, 5.74) is 1.36. The lowest BCUT2D eigenvalue weighted by Gasteiger charge is -2.17. The van der Waals surface area contributed by atoms with Gasteiger partial charge in [0.15, 0.2) is 0 Å². The topological polar surface area (TPSA) is 40.7 Å². The molecule has 108 valence electrons. The average molecular weight is 279 g/mol. The summed E-state index contributed by atoms with van der Waals surface area (Å²) in [5, 5.41) is 6.21. The Morgan fingerprint density at radius 2 is 2.00 bits per heavy atom. The molecule has 0 aliphatic heterocycles. The Morgan fingerprint density at radius 1 is 1.14 bits per heavy atom. The van der Waals surface area contributed by atoms with Crippen LogP contribution in [-0.4, -0.2) is 16.5 Å². The highest BCUT2D eigenvalue weighted by molar-refractivity contribution is 5.85. The van der Waals surface area contributed by atoms with Crippen LogP contribution in [-0.2, 0) is 6.42 Å². The van der Waals surface area contributed by atoms with Gasteiger partial charge in [-0.2, -0.15) is 0 Å². The molecule has 0 saturated heterocycles. The fraction of sp³-hybridized carbons (Fsp3) is 0.278. The predicted molar refractivity (Wildman–Crippen MR) is 87.3 cm³/mol. The molecule has 0 aliphatic rings. The van der Waals surface area contributed by atoms with Gasteiger partial charge in [0, 0.05) is 12.4 Å². The van der Waals surface area contributed by atoms with E-state index in [4.69, 9.17) is 0 Å². The molecule has 3 rings (SSSR count). The third-order valence-electron chi connectivity index (χ3n) is 3.79. The van der Waals surface area contributed by atoms with Crippen molar-refractivity contribution < 1.29 is 0 Å². The summed E-state index contributed by atoms with van der Waals surface area (Å²) < 4.78 is 0. The number of hydrogen-bond donors (Lipinski definition) is 2. The van der Waals surface area contributed by atoms with Gasteiger partial charge >= 0.3 is 0 Å². The van der Waals surface area contributed by atoms with Gasteiger partial charge in [-0.1, -0.05) is 49.4 Å². The van der Waals surface area contributed by atoms with Gasteiger partial charge in [0.25, 0.3) is 0 Å². The van der Waals surface area contributed by atoms with Crippen molar-refractivity contribution in [3.63, 3.8) is 0 Å². The smallest absolute Gasteiger partial charge is 0.123 e. The molecular weight excluding hydrogens is 258 g/mol. The molecule has 3 aromatic rings. The predicted octanol–water partition coefficient (Wildman–Crippen LogP) is 3.85. The monoisotopic (exact) mass is 279 g/mol. The van der Waals surface area contributed by atoms with Gasteiger partial charge in [-0.25, -0.2) is 4.98 Å². The first kappa shape index (κ1) is 13.8. The molecule has 1 atom stereocenters. The SMILES string of the molecule is CCCNC(Cc1cccc2ccccc12)c1ncc[nH]1. The van der Waals surface area contributed by atoms with Crippen LogP contribution in [0, 0.1) is 0 Å². The van der Waals surface area contributed by atoms with Crippen molar-refractivity contribution in [2.45, 2.75) is 25.8 Å². The van der Waals surface area contributed by atoms with Gasteiger partial charge in [0.05, 0.1) is 6.04 Å². The van der Waals surface area contributed by atoms with Crippen molar-refractivity contribution >= 4 is 10.8 Å². The third-order valence-corrected chi connectivity index (χ3v) is 3.79. The second-order valence-electron chi connectivity index (χ2n) is 5.32. The van der Waals surface area contributed by atoms with Crippen LogP contribution in [0.3, 0.4) is 0 Å². The zero-order valence-corrected chi connectivity index (χ0v) is 12.3. The van der Waals surface area contributed by atoms with Gasteiger partial charge < -0.3 is 10.3 Å². The van der Waals surface area contributed by atoms with Crippen LogP contribution in [0.15, 0.2) is 54.9 Å². The number of aromatic amines is 1. The van der Waals surface area contributed by atoms with Crippen LogP contribution in [0.2, 0.25) is 0 Å². The molecule has 0 spiro atoms. The summed E-state index contributed by atoms with van der Waals surface area (Å²) in [4.78, 5) is 7.67. The molecule has 0 fully saturated rings. The van der Waals surface area contributed by atoms with E-state index in [1.54, 1.807) is 0 Å². The Hall–Kier alpha value is -2.13. The largest absolute Gasteiger partial charge is 0.347 e. The number of aromatic nitrogens is 2. The van der Waals surface area contributed by atoms with E-state index < -0.39 is 0 Å². The first-order valence-electron chi connectivity index (χ1n) is 7.57. The number of H-pyrrole nitrogens is 1. The molecule has 0 aliphatic carbocycles. The molecule has 0 bridgehead atoms. The highest BCUT2D eigenvalue weighted by Crippen LogP contribution is 2.23. The van der Waals surface area contributed by atoms with Gasteiger partial charge in [0.1, 0.15) is 5.82 Å². The number of benzene rings is 2. The van der Waals surface area contributed by atoms with E-state index in [2.05, 4.69) is 64.7 Å². The lowest BCUT2D eigenvalue weighted by atomic mass is 9.98. The molecule has 3 heteroatoms. The van der Waals surface area contributed by atoms with E-state index in [-0.39, 0.29) is 6.04 Å². The number of hydrogen-bond acceptors (Lipinski definition) is 2. The maximum atomic E-state index is 4.43. The fourth-order valence-corrected chi connectivity index (χ4v) is 2.74. The summed E-state index contributed by atoms with van der Waals surface area (Å²) in [5.74, 6) is 1.01. The Morgan fingerprint density at radius 3 is 2.81 bits per heavy atom. The lowest BCUT2D eigenvalue weighted by Crippen LogP contribution is -2.25. The number of imidazole rings is 1. The molecule has 2 aromatic carbocycles. The van der Waals surface area contributed by atoms with E-state index in [0.29, 0.717) is 0 Å². The molecule has 2 N–H and O–H groups in total. The zero-order valence-electron chi connectivity index (χ0n) is 12.3. The van der Waals surface area contributed by atoms with Gasteiger partial charge in [0.2, 0.25) is 0 Å². The zero-order chi connectivity index (χ0) is 14.5. The molecule has 0 saturated carbocycles. The quantitative estimate of drug-likeness (QED) is 0.719. The van der Waals surface area contributed by atoms with Crippen LogP contribution < -0.4 is 5.32 Å². The first-order valence-corrected chi connectivity index (χ1v) is 7.57. The normalized spacial score (nSPS) is 12.6. The minimum atomic E-state index is 0.228. The molecule has 1 aromatic heterocycles. The van der Waals surface area contributed by atoms with Gasteiger partial charge in [-0.15, -0.1) is 0 Å². The number of nitrogens with zero attached hydrogens (tertiary/aromatic N) is 1. The van der Waals surface area contributed by atoms with Crippen molar-refractivity contribution in [1.29, 1.82) is 0 Å².